The zero-order valence-electron chi connectivity index (χ0n) is 12.7. The van der Waals surface area contributed by atoms with Crippen molar-refractivity contribution in [2.24, 2.45) is 11.8 Å². The number of benzene rings is 1. The maximum atomic E-state index is 12.4. The van der Waals surface area contributed by atoms with E-state index in [-0.39, 0.29) is 23.8 Å². The standard InChI is InChI=1S/C17H22BrNO3/c1-2-12(8-11-4-3-5-14(18)9-11)16(20)19-15-7-6-13(10-15)17(21)22/h3-5,9,12-13,15H,2,6-8,10H2,1H3,(H,19,20)(H,21,22)/t12?,13-,15+/m0/s1. The monoisotopic (exact) mass is 367 g/mol. The van der Waals surface area contributed by atoms with Gasteiger partial charge < -0.3 is 10.4 Å². The third kappa shape index (κ3) is 4.57. The average Bonchev–Trinajstić information content (AvgIpc) is 2.93. The van der Waals surface area contributed by atoms with E-state index in [1.807, 2.05) is 31.2 Å². The van der Waals surface area contributed by atoms with Gasteiger partial charge in [0.2, 0.25) is 5.91 Å². The molecule has 1 aliphatic rings. The highest BCUT2D eigenvalue weighted by Crippen LogP contribution is 2.26. The smallest absolute Gasteiger partial charge is 0.306 e. The van der Waals surface area contributed by atoms with Crippen molar-refractivity contribution in [3.05, 3.63) is 34.3 Å². The topological polar surface area (TPSA) is 66.4 Å². The molecule has 3 atom stereocenters. The molecule has 5 heteroatoms. The van der Waals surface area contributed by atoms with E-state index < -0.39 is 5.97 Å². The molecule has 0 bridgehead atoms. The molecule has 0 radical (unpaired) electrons. The summed E-state index contributed by atoms with van der Waals surface area (Å²) in [6.07, 6.45) is 3.44. The van der Waals surface area contributed by atoms with Crippen LogP contribution >= 0.6 is 15.9 Å². The second-order valence-electron chi connectivity index (χ2n) is 5.99. The lowest BCUT2D eigenvalue weighted by atomic mass is 9.95. The van der Waals surface area contributed by atoms with Crippen molar-refractivity contribution in [3.63, 3.8) is 0 Å². The van der Waals surface area contributed by atoms with Crippen molar-refractivity contribution in [2.75, 3.05) is 0 Å². The Kier molecular flexibility index (Phi) is 6.00. The van der Waals surface area contributed by atoms with Crippen LogP contribution in [0.5, 0.6) is 0 Å². The molecular weight excluding hydrogens is 346 g/mol. The molecule has 2 N–H and O–H groups in total. The van der Waals surface area contributed by atoms with Crippen LogP contribution in [0.2, 0.25) is 0 Å². The largest absolute Gasteiger partial charge is 0.481 e. The fourth-order valence-corrected chi connectivity index (χ4v) is 3.47. The maximum Gasteiger partial charge on any atom is 0.306 e. The number of hydrogen-bond acceptors (Lipinski definition) is 2. The predicted octanol–water partition coefficient (Wildman–Crippen LogP) is 3.39. The Morgan fingerprint density at radius 1 is 1.41 bits per heavy atom. The lowest BCUT2D eigenvalue weighted by Gasteiger charge is -2.19. The number of carboxylic acid groups (broad SMARTS) is 1. The minimum absolute atomic E-state index is 0.00478. The summed E-state index contributed by atoms with van der Waals surface area (Å²) in [5, 5.41) is 12.1. The van der Waals surface area contributed by atoms with Gasteiger partial charge in [0.15, 0.2) is 0 Å². The zero-order chi connectivity index (χ0) is 16.1. The van der Waals surface area contributed by atoms with E-state index in [0.29, 0.717) is 19.3 Å². The second-order valence-corrected chi connectivity index (χ2v) is 6.91. The van der Waals surface area contributed by atoms with Gasteiger partial charge in [-0.3, -0.25) is 9.59 Å². The Bertz CT molecular complexity index is 546. The summed E-state index contributed by atoms with van der Waals surface area (Å²) in [6, 6.07) is 8.00. The summed E-state index contributed by atoms with van der Waals surface area (Å²) in [5.41, 5.74) is 1.13. The van der Waals surface area contributed by atoms with E-state index in [0.717, 1.165) is 22.9 Å². The van der Waals surface area contributed by atoms with Gasteiger partial charge in [-0.25, -0.2) is 0 Å². The van der Waals surface area contributed by atoms with Gasteiger partial charge in [0.1, 0.15) is 0 Å². The summed E-state index contributed by atoms with van der Waals surface area (Å²) in [7, 11) is 0. The number of rotatable bonds is 6. The quantitative estimate of drug-likeness (QED) is 0.809. The summed E-state index contributed by atoms with van der Waals surface area (Å²) in [5.74, 6) is -1.09. The van der Waals surface area contributed by atoms with Gasteiger partial charge in [-0.05, 0) is 49.8 Å². The minimum Gasteiger partial charge on any atom is -0.481 e. The third-order valence-corrected chi connectivity index (χ3v) is 4.86. The van der Waals surface area contributed by atoms with Crippen molar-refractivity contribution in [2.45, 2.75) is 45.1 Å². The molecule has 1 fully saturated rings. The van der Waals surface area contributed by atoms with E-state index in [9.17, 15) is 9.59 Å². The van der Waals surface area contributed by atoms with Crippen LogP contribution in [0.1, 0.15) is 38.2 Å². The fraction of sp³-hybridized carbons (Fsp3) is 0.529. The Labute approximate surface area is 139 Å². The van der Waals surface area contributed by atoms with Crippen molar-refractivity contribution in [1.82, 2.24) is 5.32 Å². The van der Waals surface area contributed by atoms with Gasteiger partial charge in [-0.1, -0.05) is 35.0 Å². The van der Waals surface area contributed by atoms with E-state index >= 15 is 0 Å². The fourth-order valence-electron chi connectivity index (χ4n) is 3.03. The summed E-state index contributed by atoms with van der Waals surface area (Å²) in [6.45, 7) is 2.01. The number of halogens is 1. The first-order valence-corrected chi connectivity index (χ1v) is 8.56. The molecular formula is C17H22BrNO3. The zero-order valence-corrected chi connectivity index (χ0v) is 14.3. The molecule has 4 nitrogen and oxygen atoms in total. The van der Waals surface area contributed by atoms with Crippen molar-refractivity contribution in [1.29, 1.82) is 0 Å². The molecule has 1 aliphatic carbocycles. The summed E-state index contributed by atoms with van der Waals surface area (Å²) < 4.78 is 1.01. The highest BCUT2D eigenvalue weighted by atomic mass is 79.9. The van der Waals surface area contributed by atoms with Gasteiger partial charge in [-0.2, -0.15) is 0 Å². The predicted molar refractivity (Wildman–Crippen MR) is 88.5 cm³/mol. The van der Waals surface area contributed by atoms with E-state index in [2.05, 4.69) is 21.2 Å². The summed E-state index contributed by atoms with van der Waals surface area (Å²) in [4.78, 5) is 23.4. The number of nitrogens with one attached hydrogen (secondary N) is 1. The lowest BCUT2D eigenvalue weighted by Crippen LogP contribution is -2.38. The number of hydrogen-bond donors (Lipinski definition) is 2. The van der Waals surface area contributed by atoms with Crippen LogP contribution in [0.25, 0.3) is 0 Å². The Morgan fingerprint density at radius 3 is 2.77 bits per heavy atom. The average molecular weight is 368 g/mol. The molecule has 1 aromatic carbocycles. The van der Waals surface area contributed by atoms with Crippen molar-refractivity contribution < 1.29 is 14.7 Å². The van der Waals surface area contributed by atoms with Gasteiger partial charge in [0.25, 0.3) is 0 Å². The normalized spacial score (nSPS) is 22.3. The highest BCUT2D eigenvalue weighted by Gasteiger charge is 2.31. The van der Waals surface area contributed by atoms with Gasteiger partial charge in [0, 0.05) is 16.4 Å². The highest BCUT2D eigenvalue weighted by molar-refractivity contribution is 9.10. The number of carbonyl (C=O) groups excluding carboxylic acids is 1. The van der Waals surface area contributed by atoms with Crippen LogP contribution in [0.4, 0.5) is 0 Å². The Morgan fingerprint density at radius 2 is 2.18 bits per heavy atom. The van der Waals surface area contributed by atoms with E-state index in [1.165, 1.54) is 0 Å². The first-order valence-electron chi connectivity index (χ1n) is 7.77. The van der Waals surface area contributed by atoms with Crippen LogP contribution in [-0.4, -0.2) is 23.0 Å². The first-order chi connectivity index (χ1) is 10.5. The molecule has 22 heavy (non-hydrogen) atoms. The molecule has 1 aromatic rings. The van der Waals surface area contributed by atoms with Crippen molar-refractivity contribution in [3.8, 4) is 0 Å². The SMILES string of the molecule is CCC(Cc1cccc(Br)c1)C(=O)N[C@@H]1CC[C@H](C(=O)O)C1. The van der Waals surface area contributed by atoms with E-state index in [4.69, 9.17) is 5.11 Å². The maximum absolute atomic E-state index is 12.4. The number of carboxylic acids is 1. The molecule has 0 saturated heterocycles. The molecule has 0 aliphatic heterocycles. The molecule has 2 rings (SSSR count). The number of amides is 1. The Hall–Kier alpha value is -1.36. The number of aliphatic carboxylic acids is 1. The Balaban J connectivity index is 1.91. The van der Waals surface area contributed by atoms with Crippen molar-refractivity contribution >= 4 is 27.8 Å². The second kappa shape index (κ2) is 7.77. The molecule has 0 spiro atoms. The number of carbonyl (C=O) groups is 2. The molecule has 1 saturated carbocycles. The van der Waals surface area contributed by atoms with Crippen LogP contribution in [0.15, 0.2) is 28.7 Å². The van der Waals surface area contributed by atoms with Gasteiger partial charge >= 0.3 is 5.97 Å². The lowest BCUT2D eigenvalue weighted by molar-refractivity contribution is -0.141. The molecule has 1 amide bonds. The third-order valence-electron chi connectivity index (χ3n) is 4.36. The summed E-state index contributed by atoms with van der Waals surface area (Å²) >= 11 is 3.45. The van der Waals surface area contributed by atoms with Crippen LogP contribution < -0.4 is 5.32 Å². The molecule has 0 heterocycles. The van der Waals surface area contributed by atoms with Crippen LogP contribution in [-0.2, 0) is 16.0 Å². The van der Waals surface area contributed by atoms with Crippen LogP contribution in [0.3, 0.4) is 0 Å². The molecule has 1 unspecified atom stereocenters. The van der Waals surface area contributed by atoms with Crippen LogP contribution in [0, 0.1) is 11.8 Å². The van der Waals surface area contributed by atoms with E-state index in [1.54, 1.807) is 0 Å². The first kappa shape index (κ1) is 17.0. The molecule has 120 valence electrons. The molecule has 0 aromatic heterocycles. The van der Waals surface area contributed by atoms with Gasteiger partial charge in [-0.15, -0.1) is 0 Å². The minimum atomic E-state index is -0.752. The van der Waals surface area contributed by atoms with Gasteiger partial charge in [0.05, 0.1) is 5.92 Å².